The highest BCUT2D eigenvalue weighted by Gasteiger charge is 2.34. The zero-order valence-electron chi connectivity index (χ0n) is 13.9. The second-order valence-electron chi connectivity index (χ2n) is 5.93. The Hall–Kier alpha value is -2.34. The lowest BCUT2D eigenvalue weighted by Gasteiger charge is -2.24. The van der Waals surface area contributed by atoms with Crippen molar-refractivity contribution in [3.05, 3.63) is 40.9 Å². The van der Waals surface area contributed by atoms with Crippen LogP contribution in [0.5, 0.6) is 0 Å². The fraction of sp³-hybridized carbons (Fsp3) is 0.389. The molecule has 1 aliphatic rings. The third-order valence-electron chi connectivity index (χ3n) is 4.11. The van der Waals surface area contributed by atoms with E-state index in [2.05, 4.69) is 10.6 Å². The summed E-state index contributed by atoms with van der Waals surface area (Å²) in [5.41, 5.74) is 0.578. The maximum absolute atomic E-state index is 12.6. The fourth-order valence-corrected chi connectivity index (χ4v) is 2.93. The van der Waals surface area contributed by atoms with Crippen LogP contribution in [0.1, 0.15) is 36.5 Å². The summed E-state index contributed by atoms with van der Waals surface area (Å²) in [5, 5.41) is 15.1. The molecule has 0 heterocycles. The van der Waals surface area contributed by atoms with Crippen molar-refractivity contribution in [1.82, 2.24) is 5.32 Å². The average molecular weight is 365 g/mol. The molecule has 0 aliphatic heterocycles. The van der Waals surface area contributed by atoms with E-state index < -0.39 is 23.7 Å². The van der Waals surface area contributed by atoms with Gasteiger partial charge in [-0.3, -0.25) is 14.4 Å². The van der Waals surface area contributed by atoms with Crippen molar-refractivity contribution in [3.8, 4) is 0 Å². The van der Waals surface area contributed by atoms with Crippen molar-refractivity contribution in [1.29, 1.82) is 0 Å². The number of hydrogen-bond donors (Lipinski definition) is 3. The van der Waals surface area contributed by atoms with Crippen LogP contribution in [-0.4, -0.2) is 29.4 Å². The monoisotopic (exact) mass is 364 g/mol. The Bertz CT molecular complexity index is 702. The van der Waals surface area contributed by atoms with E-state index in [4.69, 9.17) is 11.6 Å². The van der Waals surface area contributed by atoms with Crippen molar-refractivity contribution < 1.29 is 19.5 Å². The average Bonchev–Trinajstić information content (AvgIpc) is 2.59. The van der Waals surface area contributed by atoms with Crippen molar-refractivity contribution in [2.45, 2.75) is 26.2 Å². The minimum atomic E-state index is -1.00. The van der Waals surface area contributed by atoms with Crippen LogP contribution in [-0.2, 0) is 9.59 Å². The van der Waals surface area contributed by atoms with Gasteiger partial charge in [0.2, 0.25) is 5.91 Å². The van der Waals surface area contributed by atoms with Crippen molar-refractivity contribution in [3.63, 3.8) is 0 Å². The summed E-state index contributed by atoms with van der Waals surface area (Å²) in [6, 6.07) is 4.61. The number of benzene rings is 1. The number of amides is 2. The van der Waals surface area contributed by atoms with Gasteiger partial charge >= 0.3 is 5.97 Å². The van der Waals surface area contributed by atoms with Crippen LogP contribution in [0.15, 0.2) is 30.4 Å². The molecule has 1 aliphatic carbocycles. The van der Waals surface area contributed by atoms with Crippen LogP contribution in [0.25, 0.3) is 0 Å². The molecule has 2 rings (SSSR count). The molecular weight excluding hydrogens is 344 g/mol. The molecule has 2 atom stereocenters. The Morgan fingerprint density at radius 1 is 1.20 bits per heavy atom. The van der Waals surface area contributed by atoms with Crippen LogP contribution >= 0.6 is 11.6 Å². The third-order valence-corrected chi connectivity index (χ3v) is 4.34. The number of carbonyl (C=O) groups is 3. The standard InChI is InChI=1S/C18H21ClN2O4/c1-2-9-20-16(22)14-8-7-11(19)10-15(14)21-17(23)12-5-3-4-6-13(12)18(24)25/h3-4,7-8,10,12-13H,2,5-6,9H2,1H3,(H,20,22)(H,21,23)(H,24,25). The molecule has 1 aromatic carbocycles. The molecule has 0 fully saturated rings. The molecule has 3 N–H and O–H groups in total. The molecule has 7 heteroatoms. The lowest BCUT2D eigenvalue weighted by atomic mass is 9.82. The normalized spacial score (nSPS) is 19.3. The molecule has 1 aromatic rings. The molecule has 0 bridgehead atoms. The number of aliphatic carboxylic acids is 1. The predicted octanol–water partition coefficient (Wildman–Crippen LogP) is 3.09. The van der Waals surface area contributed by atoms with Crippen molar-refractivity contribution in [2.24, 2.45) is 11.8 Å². The summed E-state index contributed by atoms with van der Waals surface area (Å²) in [6.45, 7) is 2.46. The largest absolute Gasteiger partial charge is 0.481 e. The van der Waals surface area contributed by atoms with Gasteiger partial charge in [0.1, 0.15) is 0 Å². The lowest BCUT2D eigenvalue weighted by molar-refractivity contribution is -0.146. The van der Waals surface area contributed by atoms with Gasteiger partial charge < -0.3 is 15.7 Å². The summed E-state index contributed by atoms with van der Waals surface area (Å²) < 4.78 is 0. The van der Waals surface area contributed by atoms with Crippen LogP contribution < -0.4 is 10.6 Å². The Morgan fingerprint density at radius 2 is 1.88 bits per heavy atom. The summed E-state index contributed by atoms with van der Waals surface area (Å²) >= 11 is 5.99. The predicted molar refractivity (Wildman–Crippen MR) is 95.7 cm³/mol. The van der Waals surface area contributed by atoms with Crippen molar-refractivity contribution in [2.75, 3.05) is 11.9 Å². The van der Waals surface area contributed by atoms with Gasteiger partial charge in [0, 0.05) is 11.6 Å². The highest BCUT2D eigenvalue weighted by atomic mass is 35.5. The van der Waals surface area contributed by atoms with Gasteiger partial charge in [-0.1, -0.05) is 30.7 Å². The van der Waals surface area contributed by atoms with Gasteiger partial charge in [-0.05, 0) is 37.5 Å². The van der Waals surface area contributed by atoms with E-state index in [1.54, 1.807) is 24.3 Å². The fourth-order valence-electron chi connectivity index (χ4n) is 2.75. The zero-order chi connectivity index (χ0) is 18.4. The van der Waals surface area contributed by atoms with E-state index in [1.165, 1.54) is 6.07 Å². The molecular formula is C18H21ClN2O4. The number of carboxylic acid groups (broad SMARTS) is 1. The highest BCUT2D eigenvalue weighted by Crippen LogP contribution is 2.28. The topological polar surface area (TPSA) is 95.5 Å². The number of allylic oxidation sites excluding steroid dienone is 2. The molecule has 2 amide bonds. The SMILES string of the molecule is CCCNC(=O)c1ccc(Cl)cc1NC(=O)C1CC=CCC1C(=O)O. The summed E-state index contributed by atoms with van der Waals surface area (Å²) in [6.07, 6.45) is 5.02. The first-order valence-corrected chi connectivity index (χ1v) is 8.58. The number of hydrogen-bond acceptors (Lipinski definition) is 3. The molecule has 0 spiro atoms. The van der Waals surface area contributed by atoms with Crippen LogP contribution in [0, 0.1) is 11.8 Å². The summed E-state index contributed by atoms with van der Waals surface area (Å²) in [5.74, 6) is -3.21. The van der Waals surface area contributed by atoms with E-state index in [0.717, 1.165) is 6.42 Å². The Morgan fingerprint density at radius 3 is 2.52 bits per heavy atom. The van der Waals surface area contributed by atoms with Gasteiger partial charge in [-0.25, -0.2) is 0 Å². The first-order chi connectivity index (χ1) is 11.9. The van der Waals surface area contributed by atoms with Gasteiger partial charge in [0.25, 0.3) is 5.91 Å². The van der Waals surface area contributed by atoms with E-state index in [9.17, 15) is 19.5 Å². The van der Waals surface area contributed by atoms with E-state index in [1.807, 2.05) is 6.92 Å². The second kappa shape index (κ2) is 8.67. The van der Waals surface area contributed by atoms with Crippen LogP contribution in [0.3, 0.4) is 0 Å². The maximum atomic E-state index is 12.6. The van der Waals surface area contributed by atoms with E-state index >= 15 is 0 Å². The van der Waals surface area contributed by atoms with E-state index in [-0.39, 0.29) is 11.6 Å². The number of carbonyl (C=O) groups excluding carboxylic acids is 2. The maximum Gasteiger partial charge on any atom is 0.307 e. The molecule has 0 saturated carbocycles. The molecule has 2 unspecified atom stereocenters. The first kappa shape index (κ1) is 19.0. The summed E-state index contributed by atoms with van der Waals surface area (Å²) in [7, 11) is 0. The van der Waals surface area contributed by atoms with Gasteiger partial charge in [0.15, 0.2) is 0 Å². The number of anilines is 1. The molecule has 0 aromatic heterocycles. The minimum Gasteiger partial charge on any atom is -0.481 e. The smallest absolute Gasteiger partial charge is 0.307 e. The number of rotatable bonds is 6. The lowest BCUT2D eigenvalue weighted by Crippen LogP contribution is -2.35. The highest BCUT2D eigenvalue weighted by molar-refractivity contribution is 6.31. The summed E-state index contributed by atoms with van der Waals surface area (Å²) in [4.78, 5) is 36.2. The van der Waals surface area contributed by atoms with E-state index in [0.29, 0.717) is 30.0 Å². The molecule has 0 radical (unpaired) electrons. The number of halogens is 1. The third kappa shape index (κ3) is 4.82. The number of carboxylic acids is 1. The molecule has 25 heavy (non-hydrogen) atoms. The number of nitrogens with one attached hydrogen (secondary N) is 2. The van der Waals surface area contributed by atoms with Crippen LogP contribution in [0.2, 0.25) is 5.02 Å². The second-order valence-corrected chi connectivity index (χ2v) is 6.37. The Kier molecular flexibility index (Phi) is 6.58. The molecule has 134 valence electrons. The van der Waals surface area contributed by atoms with Gasteiger partial charge in [0.05, 0.1) is 23.1 Å². The van der Waals surface area contributed by atoms with Crippen molar-refractivity contribution >= 4 is 35.1 Å². The molecule has 0 saturated heterocycles. The van der Waals surface area contributed by atoms with Crippen LogP contribution in [0.4, 0.5) is 5.69 Å². The minimum absolute atomic E-state index is 0.282. The Labute approximate surface area is 151 Å². The Balaban J connectivity index is 2.22. The molecule has 6 nitrogen and oxygen atoms in total. The van der Waals surface area contributed by atoms with Gasteiger partial charge in [-0.2, -0.15) is 0 Å². The van der Waals surface area contributed by atoms with Gasteiger partial charge in [-0.15, -0.1) is 0 Å². The quantitative estimate of drug-likeness (QED) is 0.676. The first-order valence-electron chi connectivity index (χ1n) is 8.20. The zero-order valence-corrected chi connectivity index (χ0v) is 14.7.